The van der Waals surface area contributed by atoms with Crippen molar-refractivity contribution in [2.24, 2.45) is 0 Å². The summed E-state index contributed by atoms with van der Waals surface area (Å²) in [5, 5.41) is 2.35. The van der Waals surface area contributed by atoms with Gasteiger partial charge in [0.2, 0.25) is 17.8 Å². The maximum Gasteiger partial charge on any atom is 0.471 e. The van der Waals surface area contributed by atoms with Gasteiger partial charge in [0.15, 0.2) is 0 Å². The van der Waals surface area contributed by atoms with E-state index in [0.717, 1.165) is 0 Å². The van der Waals surface area contributed by atoms with Crippen molar-refractivity contribution < 1.29 is 18.9 Å². The second kappa shape index (κ2) is 4.36. The summed E-state index contributed by atoms with van der Waals surface area (Å²) in [4.78, 5) is 27.4. The van der Waals surface area contributed by atoms with Gasteiger partial charge >= 0.3 is 7.82 Å². The number of nitrogens with two attached hydrogens (primary N) is 2. The number of nitrogens with one attached hydrogen (secondary N) is 1. The van der Waals surface area contributed by atoms with Gasteiger partial charge < -0.3 is 26.6 Å². The number of hydrogen-bond acceptors (Lipinski definition) is 8. The van der Waals surface area contributed by atoms with Gasteiger partial charge in [-0.25, -0.2) is 4.57 Å². The number of phosphoric acid groups is 1. The number of rotatable bonds is 4. The smallest absolute Gasteiger partial charge is 0.368 e. The van der Waals surface area contributed by atoms with Crippen molar-refractivity contribution in [2.45, 2.75) is 0 Å². The third kappa shape index (κ3) is 4.51. The van der Waals surface area contributed by atoms with E-state index in [-0.39, 0.29) is 17.8 Å². The van der Waals surface area contributed by atoms with E-state index < -0.39 is 14.6 Å². The Hall–Kier alpha value is -1.48. The summed E-state index contributed by atoms with van der Waals surface area (Å²) in [6.45, 7) is -0.479. The lowest BCUT2D eigenvalue weighted by Crippen LogP contribution is -2.11. The van der Waals surface area contributed by atoms with Crippen molar-refractivity contribution >= 4 is 25.7 Å². The quantitative estimate of drug-likeness (QED) is 0.306. The summed E-state index contributed by atoms with van der Waals surface area (Å²) in [6, 6.07) is 0. The Morgan fingerprint density at radius 2 is 1.80 bits per heavy atom. The van der Waals surface area contributed by atoms with Crippen molar-refractivity contribution in [1.29, 1.82) is 0 Å². The molecule has 1 rings (SSSR count). The van der Waals surface area contributed by atoms with Crippen LogP contribution in [0.1, 0.15) is 0 Å². The third-order valence-electron chi connectivity index (χ3n) is 1.13. The average Bonchev–Trinajstić information content (AvgIpc) is 1.99. The van der Waals surface area contributed by atoms with Crippen LogP contribution in [0.15, 0.2) is 0 Å². The first-order valence-electron chi connectivity index (χ1n) is 3.58. The van der Waals surface area contributed by atoms with Gasteiger partial charge in [-0.3, -0.25) is 4.52 Å². The summed E-state index contributed by atoms with van der Waals surface area (Å²) >= 11 is 0. The zero-order chi connectivity index (χ0) is 11.5. The summed E-state index contributed by atoms with van der Waals surface area (Å²) in [7, 11) is -4.52. The Labute approximate surface area is 83.9 Å². The van der Waals surface area contributed by atoms with Gasteiger partial charge in [-0.15, -0.1) is 0 Å². The minimum Gasteiger partial charge on any atom is -0.368 e. The van der Waals surface area contributed by atoms with Crippen LogP contribution in [0.5, 0.6) is 0 Å². The predicted octanol–water partition coefficient (Wildman–Crippen LogP) is -1.49. The van der Waals surface area contributed by atoms with Crippen LogP contribution >= 0.6 is 7.82 Å². The second-order valence-corrected chi connectivity index (χ2v) is 3.56. The Balaban J connectivity index is 2.54. The number of nitrogens with zero attached hydrogens (tertiary/aromatic N) is 3. The highest BCUT2D eigenvalue weighted by atomic mass is 31.2. The summed E-state index contributed by atoms with van der Waals surface area (Å²) in [5.41, 5.74) is 10.5. The van der Waals surface area contributed by atoms with Crippen LogP contribution in [0.2, 0.25) is 0 Å². The molecule has 0 saturated heterocycles. The fraction of sp³-hybridized carbons (Fsp3) is 0.250. The third-order valence-corrected chi connectivity index (χ3v) is 1.60. The predicted molar refractivity (Wildman–Crippen MR) is 50.3 cm³/mol. The molecular formula is C4H9N6O4P. The standard InChI is InChI=1S/C4H9N6O4P/c5-2-8-3(6)10-4(9-2)7-1-14-15(11,12)13/h1H2,(H2,11,12,13)(H5,5,6,7,8,9,10). The van der Waals surface area contributed by atoms with Gasteiger partial charge in [-0.2, -0.15) is 15.0 Å². The molecule has 0 aliphatic rings. The molecule has 0 aliphatic carbocycles. The number of nitrogen functional groups attached to an aromatic ring is 2. The Bertz CT molecular complexity index is 372. The Morgan fingerprint density at radius 3 is 2.27 bits per heavy atom. The highest BCUT2D eigenvalue weighted by molar-refractivity contribution is 7.46. The molecule has 0 fully saturated rings. The number of phosphoric ester groups is 1. The first-order valence-corrected chi connectivity index (χ1v) is 5.11. The fourth-order valence-corrected chi connectivity index (χ4v) is 0.902. The molecule has 1 heterocycles. The molecule has 0 unspecified atom stereocenters. The largest absolute Gasteiger partial charge is 0.471 e. The molecule has 0 atom stereocenters. The number of aromatic nitrogens is 3. The lowest BCUT2D eigenvalue weighted by Gasteiger charge is -2.06. The molecule has 0 spiro atoms. The topological polar surface area (TPSA) is 170 Å². The molecule has 15 heavy (non-hydrogen) atoms. The molecule has 7 N–H and O–H groups in total. The molecule has 0 amide bonds. The molecule has 0 aromatic carbocycles. The van der Waals surface area contributed by atoms with Gasteiger partial charge in [-0.05, 0) is 0 Å². The van der Waals surface area contributed by atoms with Crippen LogP contribution < -0.4 is 16.8 Å². The second-order valence-electron chi connectivity index (χ2n) is 2.32. The van der Waals surface area contributed by atoms with Crippen LogP contribution in [0.4, 0.5) is 17.8 Å². The molecule has 1 aromatic rings. The summed E-state index contributed by atoms with van der Waals surface area (Å²) in [5.74, 6) is -0.254. The molecule has 0 radical (unpaired) electrons. The highest BCUT2D eigenvalue weighted by Crippen LogP contribution is 2.35. The van der Waals surface area contributed by atoms with E-state index in [1.54, 1.807) is 0 Å². The van der Waals surface area contributed by atoms with Crippen LogP contribution in [0, 0.1) is 0 Å². The van der Waals surface area contributed by atoms with Crippen molar-refractivity contribution in [1.82, 2.24) is 15.0 Å². The molecule has 0 saturated carbocycles. The molecule has 0 bridgehead atoms. The van der Waals surface area contributed by atoms with E-state index in [0.29, 0.717) is 0 Å². The minimum atomic E-state index is -4.52. The summed E-state index contributed by atoms with van der Waals surface area (Å²) in [6.07, 6.45) is 0. The average molecular weight is 236 g/mol. The lowest BCUT2D eigenvalue weighted by atomic mass is 10.8. The van der Waals surface area contributed by atoms with E-state index in [4.69, 9.17) is 21.3 Å². The van der Waals surface area contributed by atoms with Gasteiger partial charge in [0.25, 0.3) is 0 Å². The van der Waals surface area contributed by atoms with Crippen LogP contribution in [-0.4, -0.2) is 31.5 Å². The lowest BCUT2D eigenvalue weighted by molar-refractivity contribution is 0.209. The highest BCUT2D eigenvalue weighted by Gasteiger charge is 2.13. The molecule has 0 aliphatic heterocycles. The maximum absolute atomic E-state index is 10.3. The SMILES string of the molecule is Nc1nc(N)nc(NCOP(=O)(O)O)n1. The van der Waals surface area contributed by atoms with Crippen molar-refractivity contribution in [3.05, 3.63) is 0 Å². The number of hydrogen-bond donors (Lipinski definition) is 5. The van der Waals surface area contributed by atoms with Gasteiger partial charge in [-0.1, -0.05) is 0 Å². The first kappa shape index (κ1) is 11.6. The molecule has 1 aromatic heterocycles. The van der Waals surface area contributed by atoms with Crippen molar-refractivity contribution in [3.63, 3.8) is 0 Å². The zero-order valence-corrected chi connectivity index (χ0v) is 8.26. The zero-order valence-electron chi connectivity index (χ0n) is 7.36. The van der Waals surface area contributed by atoms with Crippen LogP contribution in [-0.2, 0) is 9.09 Å². The van der Waals surface area contributed by atoms with Crippen LogP contribution in [0.3, 0.4) is 0 Å². The normalized spacial score (nSPS) is 11.3. The maximum atomic E-state index is 10.3. The molecular weight excluding hydrogens is 227 g/mol. The van der Waals surface area contributed by atoms with Crippen molar-refractivity contribution in [2.75, 3.05) is 23.5 Å². The molecule has 11 heteroatoms. The van der Waals surface area contributed by atoms with E-state index >= 15 is 0 Å². The minimum absolute atomic E-state index is 0.0338. The first-order chi connectivity index (χ1) is 6.87. The van der Waals surface area contributed by atoms with Gasteiger partial charge in [0.1, 0.15) is 6.73 Å². The van der Waals surface area contributed by atoms with E-state index in [2.05, 4.69) is 24.8 Å². The van der Waals surface area contributed by atoms with E-state index in [9.17, 15) is 4.57 Å². The monoisotopic (exact) mass is 236 g/mol. The number of anilines is 3. The van der Waals surface area contributed by atoms with Crippen molar-refractivity contribution in [3.8, 4) is 0 Å². The van der Waals surface area contributed by atoms with E-state index in [1.165, 1.54) is 0 Å². The van der Waals surface area contributed by atoms with Gasteiger partial charge in [0.05, 0.1) is 0 Å². The van der Waals surface area contributed by atoms with Crippen LogP contribution in [0.25, 0.3) is 0 Å². The van der Waals surface area contributed by atoms with Gasteiger partial charge in [0, 0.05) is 0 Å². The summed E-state index contributed by atoms with van der Waals surface area (Å²) < 4.78 is 14.4. The fourth-order valence-electron chi connectivity index (χ4n) is 0.669. The molecule has 10 nitrogen and oxygen atoms in total. The Kier molecular flexibility index (Phi) is 3.37. The van der Waals surface area contributed by atoms with E-state index in [1.807, 2.05) is 0 Å². The Morgan fingerprint density at radius 1 is 1.27 bits per heavy atom. The molecule has 84 valence electrons.